The van der Waals surface area contributed by atoms with Crippen molar-refractivity contribution < 1.29 is 4.79 Å². The van der Waals surface area contributed by atoms with Crippen molar-refractivity contribution in [3.05, 3.63) is 18.1 Å². The van der Waals surface area contributed by atoms with Gasteiger partial charge >= 0.3 is 0 Å². The number of hydrogen-bond donors (Lipinski definition) is 1. The van der Waals surface area contributed by atoms with Crippen molar-refractivity contribution in [3.8, 4) is 0 Å². The summed E-state index contributed by atoms with van der Waals surface area (Å²) < 4.78 is 0. The second kappa shape index (κ2) is 5.80. The van der Waals surface area contributed by atoms with Crippen molar-refractivity contribution in [1.29, 1.82) is 0 Å². The van der Waals surface area contributed by atoms with Gasteiger partial charge in [0, 0.05) is 20.1 Å². The second-order valence-electron chi connectivity index (χ2n) is 4.80. The lowest BCUT2D eigenvalue weighted by atomic mass is 9.85. The van der Waals surface area contributed by atoms with Crippen LogP contribution in [0.1, 0.15) is 36.7 Å². The molecule has 0 saturated heterocycles. The monoisotopic (exact) mass is 248 g/mol. The third kappa shape index (κ3) is 2.97. The minimum atomic E-state index is -0.0471. The van der Waals surface area contributed by atoms with Crippen LogP contribution in [0.4, 0.5) is 5.82 Å². The summed E-state index contributed by atoms with van der Waals surface area (Å²) in [5, 5.41) is 3.06. The quantitative estimate of drug-likeness (QED) is 0.863. The summed E-state index contributed by atoms with van der Waals surface area (Å²) in [6, 6.07) is 0. The first kappa shape index (κ1) is 12.8. The zero-order chi connectivity index (χ0) is 13.0. The van der Waals surface area contributed by atoms with Crippen molar-refractivity contribution in [1.82, 2.24) is 14.9 Å². The molecule has 1 N–H and O–H groups in total. The van der Waals surface area contributed by atoms with Gasteiger partial charge in [-0.3, -0.25) is 9.78 Å². The van der Waals surface area contributed by atoms with Crippen LogP contribution in [0.25, 0.3) is 0 Å². The molecule has 0 aliphatic heterocycles. The van der Waals surface area contributed by atoms with Crippen molar-refractivity contribution in [2.45, 2.75) is 26.2 Å². The molecule has 1 heterocycles. The Balaban J connectivity index is 2.00. The number of rotatable bonds is 5. The summed E-state index contributed by atoms with van der Waals surface area (Å²) in [5.74, 6) is 1.28. The van der Waals surface area contributed by atoms with Crippen LogP contribution in [0.2, 0.25) is 0 Å². The van der Waals surface area contributed by atoms with Crippen LogP contribution in [-0.4, -0.2) is 40.9 Å². The van der Waals surface area contributed by atoms with Crippen LogP contribution >= 0.6 is 0 Å². The number of carbonyl (C=O) groups excluding carboxylic acids is 1. The number of carbonyl (C=O) groups is 1. The first-order valence-corrected chi connectivity index (χ1v) is 6.52. The van der Waals surface area contributed by atoms with E-state index < -0.39 is 0 Å². The normalized spacial score (nSPS) is 15.0. The summed E-state index contributed by atoms with van der Waals surface area (Å²) >= 11 is 0. The van der Waals surface area contributed by atoms with Crippen LogP contribution in [0.5, 0.6) is 0 Å². The highest BCUT2D eigenvalue weighted by Gasteiger charge is 2.22. The van der Waals surface area contributed by atoms with E-state index in [1.165, 1.54) is 25.5 Å². The average molecular weight is 248 g/mol. The number of nitrogens with one attached hydrogen (secondary N) is 1. The van der Waals surface area contributed by atoms with Crippen molar-refractivity contribution >= 4 is 11.7 Å². The zero-order valence-electron chi connectivity index (χ0n) is 11.0. The average Bonchev–Trinajstić information content (AvgIpc) is 2.33. The summed E-state index contributed by atoms with van der Waals surface area (Å²) in [6.45, 7) is 3.58. The van der Waals surface area contributed by atoms with Crippen LogP contribution in [0.15, 0.2) is 12.4 Å². The lowest BCUT2D eigenvalue weighted by molar-refractivity contribution is 0.0739. The third-order valence-corrected chi connectivity index (χ3v) is 3.32. The summed E-state index contributed by atoms with van der Waals surface area (Å²) in [6.07, 6.45) is 6.93. The molecule has 0 aromatic carbocycles. The molecule has 0 bridgehead atoms. The van der Waals surface area contributed by atoms with Gasteiger partial charge < -0.3 is 10.2 Å². The Morgan fingerprint density at radius 3 is 2.89 bits per heavy atom. The summed E-state index contributed by atoms with van der Waals surface area (Å²) in [5.41, 5.74) is 0.412. The molecule has 1 aromatic rings. The van der Waals surface area contributed by atoms with Crippen molar-refractivity contribution in [3.63, 3.8) is 0 Å². The molecule has 2 rings (SSSR count). The van der Waals surface area contributed by atoms with Gasteiger partial charge in [-0.25, -0.2) is 4.98 Å². The fourth-order valence-electron chi connectivity index (χ4n) is 2.08. The molecule has 1 amide bonds. The molecule has 98 valence electrons. The highest BCUT2D eigenvalue weighted by molar-refractivity contribution is 5.92. The first-order valence-electron chi connectivity index (χ1n) is 6.52. The molecule has 1 aliphatic carbocycles. The number of aromatic nitrogens is 2. The third-order valence-electron chi connectivity index (χ3n) is 3.32. The van der Waals surface area contributed by atoms with E-state index >= 15 is 0 Å². The van der Waals surface area contributed by atoms with Crippen molar-refractivity contribution in [2.24, 2.45) is 5.92 Å². The Kier molecular flexibility index (Phi) is 4.12. The molecule has 0 spiro atoms. The lowest BCUT2D eigenvalue weighted by Gasteiger charge is -2.29. The maximum atomic E-state index is 12.2. The number of anilines is 1. The molecule has 0 unspecified atom stereocenters. The predicted octanol–water partition coefficient (Wildman–Crippen LogP) is 1.78. The lowest BCUT2D eigenvalue weighted by Crippen LogP contribution is -2.34. The minimum Gasteiger partial charge on any atom is -0.369 e. The van der Waals surface area contributed by atoms with Gasteiger partial charge in [0.2, 0.25) is 0 Å². The Labute approximate surface area is 108 Å². The van der Waals surface area contributed by atoms with E-state index in [-0.39, 0.29) is 5.91 Å². The van der Waals surface area contributed by atoms with Crippen LogP contribution in [0.3, 0.4) is 0 Å². The van der Waals surface area contributed by atoms with Crippen LogP contribution in [0, 0.1) is 5.92 Å². The highest BCUT2D eigenvalue weighted by atomic mass is 16.2. The van der Waals surface area contributed by atoms with Gasteiger partial charge in [-0.05, 0) is 25.7 Å². The second-order valence-corrected chi connectivity index (χ2v) is 4.80. The molecule has 5 heteroatoms. The van der Waals surface area contributed by atoms with E-state index in [4.69, 9.17) is 0 Å². The molecular weight excluding hydrogens is 228 g/mol. The zero-order valence-corrected chi connectivity index (χ0v) is 11.0. The first-order chi connectivity index (χ1) is 8.70. The van der Waals surface area contributed by atoms with Crippen molar-refractivity contribution in [2.75, 3.05) is 25.5 Å². The predicted molar refractivity (Wildman–Crippen MR) is 70.5 cm³/mol. The topological polar surface area (TPSA) is 58.1 Å². The van der Waals surface area contributed by atoms with E-state index in [0.29, 0.717) is 17.4 Å². The molecule has 5 nitrogen and oxygen atoms in total. The van der Waals surface area contributed by atoms with E-state index in [1.54, 1.807) is 11.1 Å². The van der Waals surface area contributed by atoms with E-state index in [2.05, 4.69) is 15.3 Å². The van der Waals surface area contributed by atoms with Gasteiger partial charge in [-0.1, -0.05) is 6.42 Å². The fourth-order valence-corrected chi connectivity index (χ4v) is 2.08. The van der Waals surface area contributed by atoms with E-state index in [0.717, 1.165) is 13.1 Å². The van der Waals surface area contributed by atoms with Gasteiger partial charge in [-0.2, -0.15) is 0 Å². The van der Waals surface area contributed by atoms with E-state index in [9.17, 15) is 4.79 Å². The minimum absolute atomic E-state index is 0.0471. The van der Waals surface area contributed by atoms with Crippen LogP contribution < -0.4 is 5.32 Å². The molecular formula is C13H20N4O. The number of hydrogen-bond acceptors (Lipinski definition) is 4. The van der Waals surface area contributed by atoms with Gasteiger partial charge in [0.1, 0.15) is 11.5 Å². The molecule has 1 aliphatic rings. The molecule has 1 saturated carbocycles. The standard InChI is InChI=1S/C13H20N4O/c1-3-15-12-8-14-7-11(16-12)13(18)17(2)9-10-5-4-6-10/h7-8,10H,3-6,9H2,1-2H3,(H,15,16). The number of nitrogens with zero attached hydrogens (tertiary/aromatic N) is 3. The highest BCUT2D eigenvalue weighted by Crippen LogP contribution is 2.26. The molecule has 1 aromatic heterocycles. The summed E-state index contributed by atoms with van der Waals surface area (Å²) in [4.78, 5) is 22.2. The maximum Gasteiger partial charge on any atom is 0.273 e. The fraction of sp³-hybridized carbons (Fsp3) is 0.615. The van der Waals surface area contributed by atoms with E-state index in [1.807, 2.05) is 14.0 Å². The summed E-state index contributed by atoms with van der Waals surface area (Å²) in [7, 11) is 1.84. The molecule has 0 atom stereocenters. The Hall–Kier alpha value is -1.65. The molecule has 0 radical (unpaired) electrons. The molecule has 1 fully saturated rings. The SMILES string of the molecule is CCNc1cncc(C(=O)N(C)CC2CCC2)n1. The van der Waals surface area contributed by atoms with Gasteiger partial charge in [-0.15, -0.1) is 0 Å². The Bertz CT molecular complexity index is 417. The van der Waals surface area contributed by atoms with Gasteiger partial charge in [0.05, 0.1) is 12.4 Å². The smallest absolute Gasteiger partial charge is 0.273 e. The Morgan fingerprint density at radius 2 is 2.28 bits per heavy atom. The largest absolute Gasteiger partial charge is 0.369 e. The maximum absolute atomic E-state index is 12.2. The van der Waals surface area contributed by atoms with Gasteiger partial charge in [0.25, 0.3) is 5.91 Å². The number of amides is 1. The Morgan fingerprint density at radius 1 is 1.50 bits per heavy atom. The molecule has 18 heavy (non-hydrogen) atoms. The van der Waals surface area contributed by atoms with Gasteiger partial charge in [0.15, 0.2) is 0 Å². The van der Waals surface area contributed by atoms with Crippen LogP contribution in [-0.2, 0) is 0 Å².